The predicted molar refractivity (Wildman–Crippen MR) is 63.3 cm³/mol. The van der Waals surface area contributed by atoms with Gasteiger partial charge < -0.3 is 5.32 Å². The Morgan fingerprint density at radius 3 is 2.89 bits per heavy atom. The van der Waals surface area contributed by atoms with Gasteiger partial charge in [0.05, 0.1) is 17.9 Å². The minimum atomic E-state index is -0.985. The molecule has 18 heavy (non-hydrogen) atoms. The zero-order valence-corrected chi connectivity index (χ0v) is 9.90. The van der Waals surface area contributed by atoms with E-state index in [9.17, 15) is 9.18 Å². The summed E-state index contributed by atoms with van der Waals surface area (Å²) in [7, 11) is 0. The average molecular weight is 248 g/mol. The number of hydrogen-bond acceptors (Lipinski definition) is 3. The molecule has 1 aromatic heterocycles. The number of aromatic nitrogens is 1. The van der Waals surface area contributed by atoms with Gasteiger partial charge in [-0.1, -0.05) is 0 Å². The van der Waals surface area contributed by atoms with Crippen molar-refractivity contribution in [3.05, 3.63) is 29.8 Å². The fourth-order valence-corrected chi connectivity index (χ4v) is 1.86. The van der Waals surface area contributed by atoms with E-state index in [4.69, 9.17) is 0 Å². The smallest absolute Gasteiger partial charge is 0.258 e. The largest absolute Gasteiger partial charge is 0.337 e. The summed E-state index contributed by atoms with van der Waals surface area (Å²) >= 11 is 0. The summed E-state index contributed by atoms with van der Waals surface area (Å²) in [6.07, 6.45) is 3.23. The minimum Gasteiger partial charge on any atom is -0.337 e. The molecule has 1 amide bonds. The predicted octanol–water partition coefficient (Wildman–Crippen LogP) is 0.674. The molecular formula is C12H13FN4O. The van der Waals surface area contributed by atoms with Crippen LogP contribution in [0.15, 0.2) is 23.3 Å². The number of guanidine groups is 1. The maximum atomic E-state index is 12.8. The molecule has 2 aliphatic rings. The van der Waals surface area contributed by atoms with Crippen LogP contribution in [0.25, 0.3) is 0 Å². The molecular weight excluding hydrogens is 235 g/mol. The van der Waals surface area contributed by atoms with E-state index in [1.165, 1.54) is 12.1 Å². The molecule has 94 valence electrons. The Balaban J connectivity index is 1.89. The first kappa shape index (κ1) is 11.1. The first-order valence-electron chi connectivity index (χ1n) is 5.87. The summed E-state index contributed by atoms with van der Waals surface area (Å²) in [4.78, 5) is 20.3. The van der Waals surface area contributed by atoms with Crippen LogP contribution >= 0.6 is 0 Å². The van der Waals surface area contributed by atoms with Crippen molar-refractivity contribution >= 4 is 11.9 Å². The molecule has 6 heteroatoms. The van der Waals surface area contributed by atoms with Crippen LogP contribution in [-0.2, 0) is 10.3 Å². The van der Waals surface area contributed by atoms with E-state index in [0.717, 1.165) is 19.0 Å². The molecule has 1 saturated heterocycles. The number of rotatable bonds is 2. The second kappa shape index (κ2) is 3.76. The Bertz CT molecular complexity index is 523. The van der Waals surface area contributed by atoms with Gasteiger partial charge in [-0.2, -0.15) is 0 Å². The Morgan fingerprint density at radius 2 is 2.28 bits per heavy atom. The number of carbonyl (C=O) groups excluding carboxylic acids is 1. The Morgan fingerprint density at radius 1 is 1.50 bits per heavy atom. The fourth-order valence-electron chi connectivity index (χ4n) is 1.86. The highest BCUT2D eigenvalue weighted by Crippen LogP contribution is 2.26. The van der Waals surface area contributed by atoms with E-state index in [2.05, 4.69) is 20.6 Å². The quantitative estimate of drug-likeness (QED) is 0.808. The summed E-state index contributed by atoms with van der Waals surface area (Å²) < 4.78 is 12.8. The molecule has 2 heterocycles. The topological polar surface area (TPSA) is 66.4 Å². The molecule has 3 rings (SSSR count). The Hall–Kier alpha value is -1.98. The van der Waals surface area contributed by atoms with Crippen molar-refractivity contribution in [2.45, 2.75) is 31.3 Å². The van der Waals surface area contributed by atoms with E-state index in [1.54, 1.807) is 6.92 Å². The lowest BCUT2D eigenvalue weighted by atomic mass is 9.98. The standard InChI is InChI=1S/C12H13FN4O/c1-12(9-5-2-7(13)6-14-9)10(18)16-11(17-12)15-8-3-4-8/h2,5-6,8H,3-4H2,1H3,(H2,15,16,17,18). The number of nitrogens with zero attached hydrogens (tertiary/aromatic N) is 2. The highest BCUT2D eigenvalue weighted by atomic mass is 19.1. The average Bonchev–Trinajstić information content (AvgIpc) is 3.08. The van der Waals surface area contributed by atoms with Crippen LogP contribution in [-0.4, -0.2) is 22.9 Å². The molecule has 1 saturated carbocycles. The third kappa shape index (κ3) is 1.83. The zero-order valence-electron chi connectivity index (χ0n) is 9.90. The van der Waals surface area contributed by atoms with Crippen LogP contribution in [0.2, 0.25) is 0 Å². The zero-order chi connectivity index (χ0) is 12.8. The van der Waals surface area contributed by atoms with E-state index < -0.39 is 11.4 Å². The van der Waals surface area contributed by atoms with Crippen molar-refractivity contribution in [1.82, 2.24) is 15.6 Å². The first-order chi connectivity index (χ1) is 8.58. The minimum absolute atomic E-state index is 0.221. The molecule has 1 unspecified atom stereocenters. The van der Waals surface area contributed by atoms with Crippen molar-refractivity contribution in [3.8, 4) is 0 Å². The lowest BCUT2D eigenvalue weighted by Gasteiger charge is -2.20. The number of halogens is 1. The Labute approximate surface area is 104 Å². The maximum Gasteiger partial charge on any atom is 0.258 e. The number of amides is 1. The third-order valence-electron chi connectivity index (χ3n) is 3.15. The normalized spacial score (nSPS) is 29.2. The lowest BCUT2D eigenvalue weighted by Crippen LogP contribution is -2.41. The fraction of sp³-hybridized carbons (Fsp3) is 0.417. The van der Waals surface area contributed by atoms with Crippen LogP contribution in [0.1, 0.15) is 25.5 Å². The summed E-state index contributed by atoms with van der Waals surface area (Å²) in [5.74, 6) is -0.162. The van der Waals surface area contributed by atoms with Crippen molar-refractivity contribution in [2.24, 2.45) is 4.99 Å². The van der Waals surface area contributed by atoms with Gasteiger partial charge in [0, 0.05) is 0 Å². The molecule has 0 spiro atoms. The van der Waals surface area contributed by atoms with Crippen LogP contribution in [0.5, 0.6) is 0 Å². The van der Waals surface area contributed by atoms with Crippen molar-refractivity contribution < 1.29 is 9.18 Å². The molecule has 1 aliphatic heterocycles. The molecule has 1 aromatic rings. The van der Waals surface area contributed by atoms with Crippen LogP contribution in [0, 0.1) is 5.82 Å². The second-order valence-electron chi connectivity index (χ2n) is 4.77. The van der Waals surface area contributed by atoms with E-state index >= 15 is 0 Å². The summed E-state index contributed by atoms with van der Waals surface area (Å²) in [6, 6.07) is 3.11. The first-order valence-corrected chi connectivity index (χ1v) is 5.87. The summed E-state index contributed by atoms with van der Waals surface area (Å²) in [5.41, 5.74) is -0.510. The number of carbonyl (C=O) groups is 1. The van der Waals surface area contributed by atoms with Crippen molar-refractivity contribution in [1.29, 1.82) is 0 Å². The summed E-state index contributed by atoms with van der Waals surface area (Å²) in [6.45, 7) is 1.71. The van der Waals surface area contributed by atoms with Gasteiger partial charge in [0.15, 0.2) is 11.5 Å². The van der Waals surface area contributed by atoms with E-state index in [1.807, 2.05) is 0 Å². The van der Waals surface area contributed by atoms with Crippen LogP contribution < -0.4 is 10.6 Å². The SMILES string of the molecule is CC1(c2ccc(F)cn2)NC(=NC2CC2)NC1=O. The van der Waals surface area contributed by atoms with Gasteiger partial charge in [-0.25, -0.2) is 9.38 Å². The number of pyridine rings is 1. The molecule has 0 bridgehead atoms. The highest BCUT2D eigenvalue weighted by Gasteiger charge is 2.44. The van der Waals surface area contributed by atoms with Gasteiger partial charge in [-0.05, 0) is 31.9 Å². The molecule has 0 aromatic carbocycles. The van der Waals surface area contributed by atoms with Gasteiger partial charge >= 0.3 is 0 Å². The van der Waals surface area contributed by atoms with E-state index in [-0.39, 0.29) is 5.91 Å². The number of nitrogens with one attached hydrogen (secondary N) is 2. The molecule has 2 fully saturated rings. The van der Waals surface area contributed by atoms with Crippen LogP contribution in [0.4, 0.5) is 4.39 Å². The molecule has 2 N–H and O–H groups in total. The lowest BCUT2D eigenvalue weighted by molar-refractivity contribution is -0.123. The Kier molecular flexibility index (Phi) is 2.33. The van der Waals surface area contributed by atoms with Gasteiger partial charge in [0.2, 0.25) is 0 Å². The molecule has 1 aliphatic carbocycles. The molecule has 0 radical (unpaired) electrons. The van der Waals surface area contributed by atoms with Crippen LogP contribution in [0.3, 0.4) is 0 Å². The third-order valence-corrected chi connectivity index (χ3v) is 3.15. The van der Waals surface area contributed by atoms with Gasteiger partial charge in [-0.3, -0.25) is 15.1 Å². The molecule has 5 nitrogen and oxygen atoms in total. The monoisotopic (exact) mass is 248 g/mol. The summed E-state index contributed by atoms with van der Waals surface area (Å²) in [5, 5.41) is 5.72. The van der Waals surface area contributed by atoms with Crippen molar-refractivity contribution in [3.63, 3.8) is 0 Å². The number of aliphatic imine (C=N–C) groups is 1. The molecule has 1 atom stereocenters. The van der Waals surface area contributed by atoms with Gasteiger partial charge in [-0.15, -0.1) is 0 Å². The highest BCUT2D eigenvalue weighted by molar-refractivity contribution is 6.09. The van der Waals surface area contributed by atoms with E-state index in [0.29, 0.717) is 17.7 Å². The second-order valence-corrected chi connectivity index (χ2v) is 4.77. The van der Waals surface area contributed by atoms with Gasteiger partial charge in [0.25, 0.3) is 5.91 Å². The maximum absolute atomic E-state index is 12.8. The van der Waals surface area contributed by atoms with Gasteiger partial charge in [0.1, 0.15) is 5.82 Å². The number of hydrogen-bond donors (Lipinski definition) is 2. The van der Waals surface area contributed by atoms with Crippen molar-refractivity contribution in [2.75, 3.05) is 0 Å².